The number of carbonyl (C=O) groups is 1. The van der Waals surface area contributed by atoms with Gasteiger partial charge in [0.15, 0.2) is 14.9 Å². The molecule has 3 rings (SSSR count). The largest absolute Gasteiger partial charge is 0.331 e. The van der Waals surface area contributed by atoms with Crippen LogP contribution in [0.25, 0.3) is 0 Å². The molecular weight excluding hydrogens is 324 g/mol. The Morgan fingerprint density at radius 2 is 1.92 bits per heavy atom. The van der Waals surface area contributed by atoms with Crippen molar-refractivity contribution >= 4 is 15.7 Å². The third-order valence-electron chi connectivity index (χ3n) is 4.21. The van der Waals surface area contributed by atoms with E-state index >= 15 is 0 Å². The van der Waals surface area contributed by atoms with Crippen LogP contribution in [0.15, 0.2) is 47.6 Å². The first-order chi connectivity index (χ1) is 11.4. The fraction of sp³-hybridized carbons (Fsp3) is 0.333. The molecule has 1 fully saturated rings. The maximum atomic E-state index is 12.8. The quantitative estimate of drug-likeness (QED) is 0.836. The highest BCUT2D eigenvalue weighted by Crippen LogP contribution is 2.30. The van der Waals surface area contributed by atoms with Crippen molar-refractivity contribution in [3.05, 3.63) is 59.3 Å². The second kappa shape index (κ2) is 6.36. The number of benzene rings is 1. The minimum atomic E-state index is -3.36. The standard InChI is InChI=1S/C18H20N2O3S/c1-13-5-3-4-6-15(13)12-20(16-8-9-16)18(21)14-7-10-17(19-11-14)24(2,22)23/h3-7,10-11,16H,8-9,12H2,1-2H3. The lowest BCUT2D eigenvalue weighted by Gasteiger charge is -2.23. The van der Waals surface area contributed by atoms with Crippen LogP contribution in [0.1, 0.15) is 34.3 Å². The van der Waals surface area contributed by atoms with Gasteiger partial charge in [0, 0.05) is 25.0 Å². The highest BCUT2D eigenvalue weighted by atomic mass is 32.2. The van der Waals surface area contributed by atoms with Crippen LogP contribution in [0.3, 0.4) is 0 Å². The van der Waals surface area contributed by atoms with Gasteiger partial charge in [0.05, 0.1) is 5.56 Å². The fourth-order valence-corrected chi connectivity index (χ4v) is 3.18. The molecule has 0 saturated heterocycles. The van der Waals surface area contributed by atoms with Gasteiger partial charge in [-0.15, -0.1) is 0 Å². The van der Waals surface area contributed by atoms with Crippen molar-refractivity contribution in [1.29, 1.82) is 0 Å². The lowest BCUT2D eigenvalue weighted by atomic mass is 10.1. The van der Waals surface area contributed by atoms with E-state index in [1.54, 1.807) is 6.07 Å². The van der Waals surface area contributed by atoms with Gasteiger partial charge >= 0.3 is 0 Å². The van der Waals surface area contributed by atoms with Crippen LogP contribution < -0.4 is 0 Å². The molecule has 1 aromatic heterocycles. The summed E-state index contributed by atoms with van der Waals surface area (Å²) < 4.78 is 23.0. The van der Waals surface area contributed by atoms with E-state index in [-0.39, 0.29) is 17.0 Å². The van der Waals surface area contributed by atoms with Crippen LogP contribution in [0.4, 0.5) is 0 Å². The first-order valence-corrected chi connectivity index (χ1v) is 9.77. The number of hydrogen-bond acceptors (Lipinski definition) is 4. The van der Waals surface area contributed by atoms with Gasteiger partial charge in [-0.25, -0.2) is 13.4 Å². The zero-order valence-electron chi connectivity index (χ0n) is 13.8. The summed E-state index contributed by atoms with van der Waals surface area (Å²) in [5, 5.41) is -0.0177. The summed E-state index contributed by atoms with van der Waals surface area (Å²) in [6.45, 7) is 2.59. The van der Waals surface area contributed by atoms with E-state index in [0.29, 0.717) is 12.1 Å². The van der Waals surface area contributed by atoms with E-state index in [0.717, 1.165) is 30.2 Å². The zero-order valence-corrected chi connectivity index (χ0v) is 14.6. The van der Waals surface area contributed by atoms with E-state index in [1.807, 2.05) is 36.1 Å². The lowest BCUT2D eigenvalue weighted by molar-refractivity contribution is 0.0729. The normalized spacial score (nSPS) is 14.4. The van der Waals surface area contributed by atoms with Crippen molar-refractivity contribution in [3.63, 3.8) is 0 Å². The molecule has 0 radical (unpaired) electrons. The second-order valence-electron chi connectivity index (χ2n) is 6.25. The smallest absolute Gasteiger partial charge is 0.255 e. The minimum absolute atomic E-state index is 0.0177. The number of rotatable bonds is 5. The average Bonchev–Trinajstić information content (AvgIpc) is 3.37. The molecule has 0 aliphatic heterocycles. The molecule has 0 atom stereocenters. The van der Waals surface area contributed by atoms with Gasteiger partial charge < -0.3 is 4.90 Å². The Morgan fingerprint density at radius 1 is 1.21 bits per heavy atom. The molecular formula is C18H20N2O3S. The van der Waals surface area contributed by atoms with E-state index < -0.39 is 9.84 Å². The molecule has 0 bridgehead atoms. The Hall–Kier alpha value is -2.21. The molecule has 0 N–H and O–H groups in total. The molecule has 1 amide bonds. The summed E-state index contributed by atoms with van der Waals surface area (Å²) in [4.78, 5) is 18.6. The average molecular weight is 344 g/mol. The molecule has 1 saturated carbocycles. The minimum Gasteiger partial charge on any atom is -0.331 e. The van der Waals surface area contributed by atoms with Gasteiger partial charge in [-0.3, -0.25) is 4.79 Å². The zero-order chi connectivity index (χ0) is 17.3. The molecule has 126 valence electrons. The van der Waals surface area contributed by atoms with Crippen LogP contribution >= 0.6 is 0 Å². The topological polar surface area (TPSA) is 67.3 Å². The van der Waals surface area contributed by atoms with Crippen LogP contribution in [-0.4, -0.2) is 36.5 Å². The molecule has 0 unspecified atom stereocenters. The van der Waals surface area contributed by atoms with Crippen molar-refractivity contribution in [2.75, 3.05) is 6.26 Å². The third-order valence-corrected chi connectivity index (χ3v) is 5.21. The van der Waals surface area contributed by atoms with E-state index in [4.69, 9.17) is 0 Å². The maximum absolute atomic E-state index is 12.8. The van der Waals surface area contributed by atoms with Gasteiger partial charge in [-0.1, -0.05) is 24.3 Å². The van der Waals surface area contributed by atoms with E-state index in [1.165, 1.54) is 12.3 Å². The number of sulfone groups is 1. The molecule has 1 aliphatic carbocycles. The maximum Gasteiger partial charge on any atom is 0.255 e. The number of amides is 1. The van der Waals surface area contributed by atoms with Gasteiger partial charge in [-0.05, 0) is 43.0 Å². The summed E-state index contributed by atoms with van der Waals surface area (Å²) in [7, 11) is -3.36. The van der Waals surface area contributed by atoms with Crippen LogP contribution in [0.2, 0.25) is 0 Å². The Bertz CT molecular complexity index is 856. The molecule has 24 heavy (non-hydrogen) atoms. The first-order valence-electron chi connectivity index (χ1n) is 7.88. The number of carbonyl (C=O) groups excluding carboxylic acids is 1. The Balaban J connectivity index is 1.84. The first kappa shape index (κ1) is 16.6. The van der Waals surface area contributed by atoms with Crippen molar-refractivity contribution < 1.29 is 13.2 Å². The monoisotopic (exact) mass is 344 g/mol. The number of nitrogens with zero attached hydrogens (tertiary/aromatic N) is 2. The predicted molar refractivity (Wildman–Crippen MR) is 91.4 cm³/mol. The van der Waals surface area contributed by atoms with E-state index in [9.17, 15) is 13.2 Å². The van der Waals surface area contributed by atoms with Crippen LogP contribution in [-0.2, 0) is 16.4 Å². The molecule has 2 aromatic rings. The van der Waals surface area contributed by atoms with Gasteiger partial charge in [0.1, 0.15) is 0 Å². The summed E-state index contributed by atoms with van der Waals surface area (Å²) in [6, 6.07) is 11.2. The van der Waals surface area contributed by atoms with Gasteiger partial charge in [0.25, 0.3) is 5.91 Å². The summed E-state index contributed by atoms with van der Waals surface area (Å²) in [5.74, 6) is -0.103. The summed E-state index contributed by atoms with van der Waals surface area (Å²) in [6.07, 6.45) is 4.47. The van der Waals surface area contributed by atoms with Gasteiger partial charge in [0.2, 0.25) is 0 Å². The number of aryl methyl sites for hydroxylation is 1. The Morgan fingerprint density at radius 3 is 2.46 bits per heavy atom. The lowest BCUT2D eigenvalue weighted by Crippen LogP contribution is -2.33. The Kier molecular flexibility index (Phi) is 4.41. The molecule has 1 heterocycles. The number of aromatic nitrogens is 1. The van der Waals surface area contributed by atoms with Crippen LogP contribution in [0.5, 0.6) is 0 Å². The fourth-order valence-electron chi connectivity index (χ4n) is 2.62. The molecule has 1 aliphatic rings. The molecule has 5 nitrogen and oxygen atoms in total. The highest BCUT2D eigenvalue weighted by molar-refractivity contribution is 7.90. The van der Waals surface area contributed by atoms with Crippen molar-refractivity contribution in [1.82, 2.24) is 9.88 Å². The summed E-state index contributed by atoms with van der Waals surface area (Å²) >= 11 is 0. The van der Waals surface area contributed by atoms with Crippen LogP contribution in [0, 0.1) is 6.92 Å². The molecule has 0 spiro atoms. The second-order valence-corrected chi connectivity index (χ2v) is 8.21. The number of pyridine rings is 1. The molecule has 6 heteroatoms. The SMILES string of the molecule is Cc1ccccc1CN(C(=O)c1ccc(S(C)(=O)=O)nc1)C1CC1. The van der Waals surface area contributed by atoms with Crippen molar-refractivity contribution in [2.24, 2.45) is 0 Å². The summed E-state index contributed by atoms with van der Waals surface area (Å²) in [5.41, 5.74) is 2.70. The highest BCUT2D eigenvalue weighted by Gasteiger charge is 2.33. The Labute approximate surface area is 142 Å². The van der Waals surface area contributed by atoms with Gasteiger partial charge in [-0.2, -0.15) is 0 Å². The van der Waals surface area contributed by atoms with Crippen molar-refractivity contribution in [2.45, 2.75) is 37.4 Å². The van der Waals surface area contributed by atoms with Crippen molar-refractivity contribution in [3.8, 4) is 0 Å². The molecule has 1 aromatic carbocycles. The predicted octanol–water partition coefficient (Wildman–Crippen LogP) is 2.60. The third kappa shape index (κ3) is 3.64. The number of hydrogen-bond donors (Lipinski definition) is 0. The van der Waals surface area contributed by atoms with E-state index in [2.05, 4.69) is 4.98 Å².